The maximum absolute atomic E-state index is 13.4. The molecule has 240 valence electrons. The summed E-state index contributed by atoms with van der Waals surface area (Å²) in [5.74, 6) is -2.29. The van der Waals surface area contributed by atoms with E-state index < -0.39 is 18.0 Å². The Morgan fingerprint density at radius 2 is 1.66 bits per heavy atom. The van der Waals surface area contributed by atoms with Gasteiger partial charge in [-0.1, -0.05) is 24.3 Å². The zero-order chi connectivity index (χ0) is 33.4. The number of carbonyl (C=O) groups excluding carboxylic acids is 3. The van der Waals surface area contributed by atoms with Crippen molar-refractivity contribution in [2.75, 3.05) is 29.0 Å². The summed E-state index contributed by atoms with van der Waals surface area (Å²) >= 11 is 0. The molecule has 6 rings (SSSR count). The van der Waals surface area contributed by atoms with Gasteiger partial charge in [0, 0.05) is 58.4 Å². The first-order chi connectivity index (χ1) is 22.5. The average molecular weight is 633 g/mol. The predicted octanol–water partition coefficient (Wildman–Crippen LogP) is 5.68. The summed E-state index contributed by atoms with van der Waals surface area (Å²) in [4.78, 5) is 53.3. The Hall–Kier alpha value is -5.68. The summed E-state index contributed by atoms with van der Waals surface area (Å²) in [5.41, 5.74) is 12.4. The van der Waals surface area contributed by atoms with Crippen LogP contribution in [-0.2, 0) is 9.59 Å². The Labute approximate surface area is 272 Å². The van der Waals surface area contributed by atoms with Crippen LogP contribution in [0.25, 0.3) is 11.6 Å². The van der Waals surface area contributed by atoms with Crippen LogP contribution in [0.2, 0.25) is 0 Å². The monoisotopic (exact) mass is 632 g/mol. The number of nitrogens with two attached hydrogens (primary N) is 1. The molecule has 1 aromatic heterocycles. The SMILES string of the molecule is Cc1ccc(NC(=O)c2ccccc2)cc1Nc1ccc2c(c1)C(=Cc1c(C)c(C(=O)O)c(C)n1C(C(N)=O)N1CCCC1)C(=O)N2. The lowest BCUT2D eigenvalue weighted by Crippen LogP contribution is -2.41. The molecule has 1 unspecified atom stereocenters. The Kier molecular flexibility index (Phi) is 8.40. The van der Waals surface area contributed by atoms with Crippen molar-refractivity contribution in [3.8, 4) is 0 Å². The zero-order valence-corrected chi connectivity index (χ0v) is 26.4. The van der Waals surface area contributed by atoms with E-state index in [-0.39, 0.29) is 17.4 Å². The highest BCUT2D eigenvalue weighted by atomic mass is 16.4. The van der Waals surface area contributed by atoms with E-state index in [4.69, 9.17) is 5.73 Å². The molecule has 4 aromatic rings. The highest BCUT2D eigenvalue weighted by molar-refractivity contribution is 6.35. The molecule has 2 aliphatic heterocycles. The van der Waals surface area contributed by atoms with E-state index in [1.807, 2.05) is 60.4 Å². The maximum atomic E-state index is 13.4. The first-order valence-electron chi connectivity index (χ1n) is 15.4. The number of aryl methyl sites for hydroxylation is 1. The van der Waals surface area contributed by atoms with Crippen molar-refractivity contribution in [2.45, 2.75) is 39.8 Å². The van der Waals surface area contributed by atoms with Crippen molar-refractivity contribution in [3.05, 3.63) is 106 Å². The molecular weight excluding hydrogens is 596 g/mol. The number of nitrogens with zero attached hydrogens (tertiary/aromatic N) is 2. The van der Waals surface area contributed by atoms with Crippen LogP contribution in [0, 0.1) is 20.8 Å². The number of primary amides is 1. The zero-order valence-electron chi connectivity index (χ0n) is 26.4. The molecule has 3 heterocycles. The van der Waals surface area contributed by atoms with Gasteiger partial charge >= 0.3 is 5.97 Å². The molecule has 3 aromatic carbocycles. The molecule has 0 bridgehead atoms. The third-order valence-corrected chi connectivity index (χ3v) is 8.84. The summed E-state index contributed by atoms with van der Waals surface area (Å²) in [5, 5.41) is 19.3. The van der Waals surface area contributed by atoms with Gasteiger partial charge in [-0.2, -0.15) is 0 Å². The van der Waals surface area contributed by atoms with E-state index in [1.54, 1.807) is 42.7 Å². The van der Waals surface area contributed by atoms with Gasteiger partial charge in [-0.15, -0.1) is 0 Å². The molecule has 3 amide bonds. The summed E-state index contributed by atoms with van der Waals surface area (Å²) in [6.45, 7) is 6.59. The largest absolute Gasteiger partial charge is 0.478 e. The number of hydrogen-bond donors (Lipinski definition) is 5. The first kappa shape index (κ1) is 31.3. The number of carboxylic acids is 1. The van der Waals surface area contributed by atoms with E-state index in [0.29, 0.717) is 63.8 Å². The summed E-state index contributed by atoms with van der Waals surface area (Å²) < 4.78 is 1.66. The second kappa shape index (κ2) is 12.6. The van der Waals surface area contributed by atoms with Gasteiger partial charge in [-0.05, 0) is 93.3 Å². The van der Waals surface area contributed by atoms with Crippen LogP contribution in [0.5, 0.6) is 0 Å². The van der Waals surface area contributed by atoms with Gasteiger partial charge in [0.25, 0.3) is 17.7 Å². The van der Waals surface area contributed by atoms with Gasteiger partial charge in [0.15, 0.2) is 6.17 Å². The molecule has 11 heteroatoms. The Morgan fingerprint density at radius 1 is 0.957 bits per heavy atom. The first-order valence-corrected chi connectivity index (χ1v) is 15.4. The number of carboxylic acid groups (broad SMARTS) is 1. The fourth-order valence-corrected chi connectivity index (χ4v) is 6.47. The average Bonchev–Trinajstić information content (AvgIpc) is 3.73. The third-order valence-electron chi connectivity index (χ3n) is 8.84. The standard InChI is InChI=1S/C36H36N6O5/c1-20-11-12-25(39-33(44)23-9-5-4-6-10-23)18-29(20)38-24-13-14-28-26(17-24)27(34(45)40-28)19-30-21(2)31(36(46)47)22(3)42(30)35(32(37)43)41-15-7-8-16-41/h4-6,9-14,17-19,35,38H,7-8,15-16H2,1-3H3,(H2,37,43)(H,39,44)(H,40,45)(H,46,47). The molecule has 0 radical (unpaired) electrons. The smallest absolute Gasteiger partial charge is 0.337 e. The second-order valence-electron chi connectivity index (χ2n) is 11.9. The Bertz CT molecular complexity index is 1960. The lowest BCUT2D eigenvalue weighted by atomic mass is 10.0. The number of nitrogens with one attached hydrogen (secondary N) is 3. The molecule has 2 aliphatic rings. The van der Waals surface area contributed by atoms with Gasteiger partial charge in [0.05, 0.1) is 11.1 Å². The Balaban J connectivity index is 1.37. The molecule has 0 spiro atoms. The van der Waals surface area contributed by atoms with Crippen LogP contribution in [0.3, 0.4) is 0 Å². The molecule has 0 saturated carbocycles. The lowest BCUT2D eigenvalue weighted by molar-refractivity contribution is -0.126. The quantitative estimate of drug-likeness (QED) is 0.149. The van der Waals surface area contributed by atoms with Crippen LogP contribution >= 0.6 is 0 Å². The van der Waals surface area contributed by atoms with Gasteiger partial charge in [0.2, 0.25) is 0 Å². The lowest BCUT2D eigenvalue weighted by Gasteiger charge is -2.29. The van der Waals surface area contributed by atoms with Crippen molar-refractivity contribution < 1.29 is 24.3 Å². The normalized spacial score (nSPS) is 15.7. The molecular formula is C36H36N6O5. The minimum atomic E-state index is -1.12. The van der Waals surface area contributed by atoms with E-state index in [1.165, 1.54) is 0 Å². The van der Waals surface area contributed by atoms with Crippen molar-refractivity contribution in [2.24, 2.45) is 5.73 Å². The van der Waals surface area contributed by atoms with Crippen LogP contribution in [0.15, 0.2) is 66.7 Å². The van der Waals surface area contributed by atoms with E-state index in [0.717, 1.165) is 24.1 Å². The number of anilines is 4. The van der Waals surface area contributed by atoms with E-state index in [9.17, 15) is 24.3 Å². The summed E-state index contributed by atoms with van der Waals surface area (Å²) in [6, 6.07) is 20.0. The second-order valence-corrected chi connectivity index (χ2v) is 11.9. The minimum absolute atomic E-state index is 0.0751. The van der Waals surface area contributed by atoms with Gasteiger partial charge in [0.1, 0.15) is 0 Å². The van der Waals surface area contributed by atoms with Gasteiger partial charge in [-0.3, -0.25) is 19.3 Å². The summed E-state index contributed by atoms with van der Waals surface area (Å²) in [7, 11) is 0. The molecule has 47 heavy (non-hydrogen) atoms. The predicted molar refractivity (Wildman–Crippen MR) is 182 cm³/mol. The minimum Gasteiger partial charge on any atom is -0.478 e. The van der Waals surface area contributed by atoms with Crippen LogP contribution in [0.1, 0.15) is 67.8 Å². The number of rotatable bonds is 9. The molecule has 1 atom stereocenters. The number of amides is 3. The molecule has 11 nitrogen and oxygen atoms in total. The van der Waals surface area contributed by atoms with Crippen LogP contribution < -0.4 is 21.7 Å². The van der Waals surface area contributed by atoms with E-state index in [2.05, 4.69) is 16.0 Å². The number of carbonyl (C=O) groups is 4. The number of aromatic nitrogens is 1. The summed E-state index contributed by atoms with van der Waals surface area (Å²) in [6.07, 6.45) is 2.55. The van der Waals surface area contributed by atoms with Crippen LogP contribution in [-0.4, -0.2) is 51.4 Å². The number of fused-ring (bicyclic) bond motifs is 1. The fourth-order valence-electron chi connectivity index (χ4n) is 6.47. The van der Waals surface area contributed by atoms with Crippen LogP contribution in [0.4, 0.5) is 22.7 Å². The molecule has 6 N–H and O–H groups in total. The van der Waals surface area contributed by atoms with Crippen molar-refractivity contribution >= 4 is 58.1 Å². The third kappa shape index (κ3) is 6.00. The highest BCUT2D eigenvalue weighted by Crippen LogP contribution is 2.39. The number of aromatic carboxylic acids is 1. The molecule has 1 fully saturated rings. The number of benzene rings is 3. The van der Waals surface area contributed by atoms with Crippen molar-refractivity contribution in [1.29, 1.82) is 0 Å². The topological polar surface area (TPSA) is 159 Å². The van der Waals surface area contributed by atoms with Gasteiger partial charge < -0.3 is 31.4 Å². The Morgan fingerprint density at radius 3 is 2.34 bits per heavy atom. The number of likely N-dealkylation sites (tertiary alicyclic amines) is 1. The fraction of sp³-hybridized carbons (Fsp3) is 0.222. The van der Waals surface area contributed by atoms with Crippen molar-refractivity contribution in [3.63, 3.8) is 0 Å². The van der Waals surface area contributed by atoms with Crippen molar-refractivity contribution in [1.82, 2.24) is 9.47 Å². The van der Waals surface area contributed by atoms with E-state index >= 15 is 0 Å². The molecule has 1 saturated heterocycles. The highest BCUT2D eigenvalue weighted by Gasteiger charge is 2.35. The molecule has 0 aliphatic carbocycles. The number of hydrogen-bond acceptors (Lipinski definition) is 6. The van der Waals surface area contributed by atoms with Gasteiger partial charge in [-0.25, -0.2) is 4.79 Å². The maximum Gasteiger partial charge on any atom is 0.337 e.